The van der Waals surface area contributed by atoms with Crippen molar-refractivity contribution in [3.05, 3.63) is 193 Å². The van der Waals surface area contributed by atoms with Gasteiger partial charge in [-0.25, -0.2) is 0 Å². The van der Waals surface area contributed by atoms with Crippen LogP contribution in [0.15, 0.2) is 196 Å². The van der Waals surface area contributed by atoms with E-state index in [2.05, 4.69) is 170 Å². The van der Waals surface area contributed by atoms with Gasteiger partial charge < -0.3 is 8.83 Å². The summed E-state index contributed by atoms with van der Waals surface area (Å²) in [4.78, 5) is 0. The van der Waals surface area contributed by atoms with Crippen molar-refractivity contribution in [1.29, 1.82) is 0 Å². The van der Waals surface area contributed by atoms with Gasteiger partial charge in [0, 0.05) is 38.8 Å². The number of para-hydroxylation sites is 1. The van der Waals surface area contributed by atoms with E-state index in [0.717, 1.165) is 54.6 Å². The maximum atomic E-state index is 6.77. The minimum absolute atomic E-state index is 0.292. The van der Waals surface area contributed by atoms with Crippen LogP contribution in [0.4, 0.5) is 0 Å². The molecule has 2 heteroatoms. The number of allylic oxidation sites excluding steroid dienone is 8. The number of benzene rings is 8. The molecular formula is C52H32O2. The molecule has 0 saturated carbocycles. The smallest absolute Gasteiger partial charge is 0.144 e. The van der Waals surface area contributed by atoms with Gasteiger partial charge in [0.15, 0.2) is 0 Å². The van der Waals surface area contributed by atoms with Gasteiger partial charge in [-0.05, 0) is 90.7 Å². The summed E-state index contributed by atoms with van der Waals surface area (Å²) in [5, 5.41) is 11.7. The maximum Gasteiger partial charge on any atom is 0.144 e. The molecule has 8 aromatic carbocycles. The monoisotopic (exact) mass is 688 g/mol. The summed E-state index contributed by atoms with van der Waals surface area (Å²) in [5.41, 5.74) is 11.2. The molecule has 2 atom stereocenters. The summed E-state index contributed by atoms with van der Waals surface area (Å²) >= 11 is 0. The summed E-state index contributed by atoms with van der Waals surface area (Å²) in [6, 6.07) is 50.7. The molecule has 2 aliphatic rings. The van der Waals surface area contributed by atoms with Gasteiger partial charge >= 0.3 is 0 Å². The highest BCUT2D eigenvalue weighted by Gasteiger charge is 2.26. The molecule has 0 radical (unpaired) electrons. The Labute approximate surface area is 311 Å². The van der Waals surface area contributed by atoms with E-state index < -0.39 is 0 Å². The Morgan fingerprint density at radius 3 is 1.87 bits per heavy atom. The van der Waals surface area contributed by atoms with Crippen LogP contribution in [-0.4, -0.2) is 0 Å². The van der Waals surface area contributed by atoms with Gasteiger partial charge in [-0.15, -0.1) is 0 Å². The van der Waals surface area contributed by atoms with Crippen LogP contribution in [0.5, 0.6) is 0 Å². The van der Waals surface area contributed by atoms with E-state index in [1.54, 1.807) is 0 Å². The van der Waals surface area contributed by atoms with E-state index in [-0.39, 0.29) is 0 Å². The fourth-order valence-electron chi connectivity index (χ4n) is 9.46. The van der Waals surface area contributed by atoms with Crippen molar-refractivity contribution in [2.45, 2.75) is 5.92 Å². The number of hydrogen-bond donors (Lipinski definition) is 0. The lowest BCUT2D eigenvalue weighted by Gasteiger charge is -2.28. The molecule has 0 bridgehead atoms. The number of fused-ring (bicyclic) bond motifs is 12. The molecule has 0 spiro atoms. The first kappa shape index (κ1) is 29.7. The van der Waals surface area contributed by atoms with Gasteiger partial charge in [0.25, 0.3) is 0 Å². The standard InChI is InChI=1S/C52H32O2/c1-2-15-36-31(11-1)12-10-21-37(36)33-13-9-14-34(29-33)48-38-16-3-5-18-40(38)49(41-19-6-4-17-39(41)48)35-25-27-46-44(30-35)42-26-23-32-24-28-47-51(50(32)52(42)54-46)43-20-7-8-22-45(43)53-47/h1-30,36-37H. The van der Waals surface area contributed by atoms with E-state index in [0.29, 0.717) is 11.8 Å². The normalized spacial score (nSPS) is 16.8. The van der Waals surface area contributed by atoms with Crippen LogP contribution < -0.4 is 0 Å². The average molecular weight is 689 g/mol. The molecule has 2 aliphatic carbocycles. The van der Waals surface area contributed by atoms with Gasteiger partial charge in [-0.2, -0.15) is 0 Å². The van der Waals surface area contributed by atoms with Gasteiger partial charge in [-0.1, -0.05) is 152 Å². The van der Waals surface area contributed by atoms with Crippen LogP contribution >= 0.6 is 0 Å². The first-order valence-electron chi connectivity index (χ1n) is 18.8. The molecular weight excluding hydrogens is 657 g/mol. The van der Waals surface area contributed by atoms with Crippen molar-refractivity contribution in [2.24, 2.45) is 5.92 Å². The van der Waals surface area contributed by atoms with Crippen LogP contribution in [0, 0.1) is 5.92 Å². The molecule has 10 aromatic rings. The Bertz CT molecular complexity index is 3280. The van der Waals surface area contributed by atoms with E-state index in [1.165, 1.54) is 54.9 Å². The van der Waals surface area contributed by atoms with Gasteiger partial charge in [-0.3, -0.25) is 0 Å². The average Bonchev–Trinajstić information content (AvgIpc) is 3.81. The fraction of sp³-hybridized carbons (Fsp3) is 0.0385. The number of furan rings is 2. The summed E-state index contributed by atoms with van der Waals surface area (Å²) in [6.07, 6.45) is 15.7. The second kappa shape index (κ2) is 11.3. The zero-order chi connectivity index (χ0) is 35.3. The lowest BCUT2D eigenvalue weighted by atomic mass is 9.76. The molecule has 0 saturated heterocycles. The largest absolute Gasteiger partial charge is 0.456 e. The Kier molecular flexibility index (Phi) is 6.20. The highest BCUT2D eigenvalue weighted by Crippen LogP contribution is 2.47. The summed E-state index contributed by atoms with van der Waals surface area (Å²) in [6.45, 7) is 0. The van der Waals surface area contributed by atoms with E-state index in [9.17, 15) is 0 Å². The third kappa shape index (κ3) is 4.22. The van der Waals surface area contributed by atoms with Crippen LogP contribution in [0.2, 0.25) is 0 Å². The predicted molar refractivity (Wildman–Crippen MR) is 226 cm³/mol. The lowest BCUT2D eigenvalue weighted by Crippen LogP contribution is -2.14. The first-order valence-corrected chi connectivity index (χ1v) is 18.8. The van der Waals surface area contributed by atoms with Crippen molar-refractivity contribution in [3.63, 3.8) is 0 Å². The Balaban J connectivity index is 1.08. The molecule has 2 heterocycles. The molecule has 252 valence electrons. The van der Waals surface area contributed by atoms with Gasteiger partial charge in [0.05, 0.1) is 0 Å². The van der Waals surface area contributed by atoms with E-state index in [1.807, 2.05) is 12.1 Å². The Morgan fingerprint density at radius 2 is 1.07 bits per heavy atom. The predicted octanol–water partition coefficient (Wildman–Crippen LogP) is 14.6. The second-order valence-corrected chi connectivity index (χ2v) is 14.7. The van der Waals surface area contributed by atoms with Gasteiger partial charge in [0.2, 0.25) is 0 Å². The summed E-state index contributed by atoms with van der Waals surface area (Å²) in [7, 11) is 0. The molecule has 0 fully saturated rings. The molecule has 2 aromatic heterocycles. The topological polar surface area (TPSA) is 26.3 Å². The Hall–Kier alpha value is -6.90. The van der Waals surface area contributed by atoms with Crippen molar-refractivity contribution < 1.29 is 8.83 Å². The quantitative estimate of drug-likeness (QED) is 0.173. The zero-order valence-corrected chi connectivity index (χ0v) is 29.3. The first-order chi connectivity index (χ1) is 26.8. The van der Waals surface area contributed by atoms with Crippen LogP contribution in [0.1, 0.15) is 11.5 Å². The van der Waals surface area contributed by atoms with E-state index >= 15 is 0 Å². The molecule has 2 nitrogen and oxygen atoms in total. The zero-order valence-electron chi connectivity index (χ0n) is 29.3. The Morgan fingerprint density at radius 1 is 0.407 bits per heavy atom. The summed E-state index contributed by atoms with van der Waals surface area (Å²) < 4.78 is 13.1. The second-order valence-electron chi connectivity index (χ2n) is 14.7. The van der Waals surface area contributed by atoms with Crippen molar-refractivity contribution in [1.82, 2.24) is 0 Å². The van der Waals surface area contributed by atoms with Crippen molar-refractivity contribution >= 4 is 76.2 Å². The molecule has 0 aliphatic heterocycles. The molecule has 0 N–H and O–H groups in total. The number of rotatable bonds is 3. The molecule has 54 heavy (non-hydrogen) atoms. The molecule has 0 amide bonds. The molecule has 2 unspecified atom stereocenters. The minimum atomic E-state index is 0.292. The SMILES string of the molecule is C1=CC2=CC=CC(c3cccc(-c4c5ccccc5c(-c5ccc6oc7c(ccc8ccc9oc%10ccccc%10c9c87)c6c5)c5ccccc45)c3)C2C=C1. The maximum absolute atomic E-state index is 6.77. The summed E-state index contributed by atoms with van der Waals surface area (Å²) in [5.74, 6) is 0.642. The highest BCUT2D eigenvalue weighted by atomic mass is 16.3. The van der Waals surface area contributed by atoms with E-state index in [4.69, 9.17) is 8.83 Å². The number of hydrogen-bond acceptors (Lipinski definition) is 2. The highest BCUT2D eigenvalue weighted by molar-refractivity contribution is 6.28. The lowest BCUT2D eigenvalue weighted by molar-refractivity contribution is 0.668. The van der Waals surface area contributed by atoms with Gasteiger partial charge in [0.1, 0.15) is 22.3 Å². The molecule has 12 rings (SSSR count). The van der Waals surface area contributed by atoms with Crippen LogP contribution in [-0.2, 0) is 0 Å². The fourth-order valence-corrected chi connectivity index (χ4v) is 9.46. The third-order valence-corrected chi connectivity index (χ3v) is 11.8. The third-order valence-electron chi connectivity index (χ3n) is 11.8. The van der Waals surface area contributed by atoms with Crippen molar-refractivity contribution in [3.8, 4) is 22.3 Å². The van der Waals surface area contributed by atoms with Crippen molar-refractivity contribution in [2.75, 3.05) is 0 Å². The van der Waals surface area contributed by atoms with Crippen LogP contribution in [0.3, 0.4) is 0 Å². The van der Waals surface area contributed by atoms with Crippen LogP contribution in [0.25, 0.3) is 98.4 Å². The minimum Gasteiger partial charge on any atom is -0.456 e.